The van der Waals surface area contributed by atoms with Crippen molar-refractivity contribution in [1.82, 2.24) is 15.2 Å². The third kappa shape index (κ3) is 4.88. The molecule has 9 heteroatoms. The quantitative estimate of drug-likeness (QED) is 0.420. The number of aromatic hydroxyl groups is 1. The molecule has 0 spiro atoms. The average molecular weight is 382 g/mol. The van der Waals surface area contributed by atoms with Crippen LogP contribution in [0.4, 0.5) is 5.69 Å². The fourth-order valence-electron chi connectivity index (χ4n) is 2.69. The number of nitrogens with zero attached hydrogens (tertiary/aromatic N) is 3. The molecular formula is C16H20ClN5O2S. The maximum atomic E-state index is 9.96. The molecule has 7 nitrogen and oxygen atoms in total. The standard InChI is InChI=1S/C16H20ClN5O2S/c17-11-2-3-13-12(10-11)14(15(23)19-13)20-21-16(25)18-4-1-5-22-6-8-24-9-7-22/h2-3,10,19,23H,1,4-9H2,(H,18,25). The first kappa shape index (κ1) is 18.1. The molecule has 0 bridgehead atoms. The molecular weight excluding hydrogens is 362 g/mol. The van der Waals surface area contributed by atoms with Crippen molar-refractivity contribution < 1.29 is 9.84 Å². The Morgan fingerprint density at radius 1 is 1.40 bits per heavy atom. The number of fused-ring (bicyclic) bond motifs is 1. The molecule has 0 atom stereocenters. The topological polar surface area (TPSA) is 85.2 Å². The van der Waals surface area contributed by atoms with Crippen LogP contribution in [0.15, 0.2) is 28.4 Å². The zero-order valence-electron chi connectivity index (χ0n) is 13.7. The van der Waals surface area contributed by atoms with E-state index in [1.165, 1.54) is 0 Å². The lowest BCUT2D eigenvalue weighted by atomic mass is 10.2. The van der Waals surface area contributed by atoms with E-state index in [-0.39, 0.29) is 11.0 Å². The molecule has 1 aliphatic heterocycles. The molecule has 1 saturated heterocycles. The second-order valence-corrected chi connectivity index (χ2v) is 6.57. The lowest BCUT2D eigenvalue weighted by Crippen LogP contribution is -2.37. The highest BCUT2D eigenvalue weighted by atomic mass is 35.5. The molecule has 0 unspecified atom stereocenters. The van der Waals surface area contributed by atoms with Gasteiger partial charge < -0.3 is 20.1 Å². The highest BCUT2D eigenvalue weighted by Crippen LogP contribution is 2.36. The van der Waals surface area contributed by atoms with Crippen LogP contribution >= 0.6 is 23.8 Å². The van der Waals surface area contributed by atoms with Crippen molar-refractivity contribution in [2.24, 2.45) is 10.2 Å². The van der Waals surface area contributed by atoms with Gasteiger partial charge in [0.05, 0.1) is 18.7 Å². The number of ether oxygens (including phenoxy) is 1. The van der Waals surface area contributed by atoms with Gasteiger partial charge in [-0.25, -0.2) is 0 Å². The molecule has 0 saturated carbocycles. The number of aromatic nitrogens is 1. The maximum Gasteiger partial charge on any atom is 0.218 e. The van der Waals surface area contributed by atoms with Crippen molar-refractivity contribution >= 4 is 45.5 Å². The Morgan fingerprint density at radius 2 is 2.20 bits per heavy atom. The largest absolute Gasteiger partial charge is 0.493 e. The van der Waals surface area contributed by atoms with E-state index in [0.29, 0.717) is 16.1 Å². The minimum absolute atomic E-state index is 0.0591. The summed E-state index contributed by atoms with van der Waals surface area (Å²) >= 11 is 11.2. The average Bonchev–Trinajstić information content (AvgIpc) is 2.92. The molecule has 1 aromatic heterocycles. The number of benzene rings is 1. The van der Waals surface area contributed by atoms with Gasteiger partial charge >= 0.3 is 0 Å². The van der Waals surface area contributed by atoms with E-state index >= 15 is 0 Å². The van der Waals surface area contributed by atoms with Crippen LogP contribution < -0.4 is 5.32 Å². The van der Waals surface area contributed by atoms with Crippen LogP contribution in [-0.4, -0.2) is 59.5 Å². The maximum absolute atomic E-state index is 9.96. The van der Waals surface area contributed by atoms with Gasteiger partial charge in [-0.15, -0.1) is 10.2 Å². The van der Waals surface area contributed by atoms with Crippen LogP contribution in [-0.2, 0) is 4.74 Å². The monoisotopic (exact) mass is 381 g/mol. The molecule has 1 fully saturated rings. The van der Waals surface area contributed by atoms with Crippen LogP contribution in [0.1, 0.15) is 6.42 Å². The predicted octanol–water partition coefficient (Wildman–Crippen LogP) is 3.21. The van der Waals surface area contributed by atoms with E-state index in [1.807, 2.05) is 0 Å². The first-order chi connectivity index (χ1) is 12.1. The first-order valence-electron chi connectivity index (χ1n) is 8.13. The summed E-state index contributed by atoms with van der Waals surface area (Å²) in [7, 11) is 0. The highest BCUT2D eigenvalue weighted by molar-refractivity contribution is 7.80. The van der Waals surface area contributed by atoms with E-state index in [0.717, 1.165) is 51.3 Å². The second kappa shape index (κ2) is 8.57. The Balaban J connectivity index is 1.50. The minimum atomic E-state index is -0.0591. The summed E-state index contributed by atoms with van der Waals surface area (Å²) in [5.74, 6) is -0.0591. The molecule has 1 aromatic carbocycles. The number of nitrogens with one attached hydrogen (secondary N) is 2. The number of H-pyrrole nitrogens is 1. The van der Waals surface area contributed by atoms with Crippen molar-refractivity contribution in [2.75, 3.05) is 39.4 Å². The molecule has 25 heavy (non-hydrogen) atoms. The fraction of sp³-hybridized carbons (Fsp3) is 0.438. The number of halogens is 1. The summed E-state index contributed by atoms with van der Waals surface area (Å²) < 4.78 is 5.32. The van der Waals surface area contributed by atoms with Crippen molar-refractivity contribution in [3.05, 3.63) is 23.2 Å². The molecule has 3 N–H and O–H groups in total. The predicted molar refractivity (Wildman–Crippen MR) is 102 cm³/mol. The molecule has 0 amide bonds. The minimum Gasteiger partial charge on any atom is -0.493 e. The Morgan fingerprint density at radius 3 is 3.00 bits per heavy atom. The van der Waals surface area contributed by atoms with Crippen molar-refractivity contribution in [3.8, 4) is 5.88 Å². The summed E-state index contributed by atoms with van der Waals surface area (Å²) in [4.78, 5) is 5.19. The Labute approximate surface area is 156 Å². The molecule has 0 aliphatic carbocycles. The molecule has 2 heterocycles. The number of thiocarbonyl (C=S) groups is 1. The van der Waals surface area contributed by atoms with Crippen LogP contribution in [0.5, 0.6) is 5.88 Å². The fourth-order valence-corrected chi connectivity index (χ4v) is 3.01. The Bertz CT molecular complexity index is 773. The van der Waals surface area contributed by atoms with Gasteiger partial charge in [0, 0.05) is 30.0 Å². The number of morpholine rings is 1. The normalized spacial score (nSPS) is 15.9. The van der Waals surface area contributed by atoms with E-state index < -0.39 is 0 Å². The van der Waals surface area contributed by atoms with Gasteiger partial charge in [-0.1, -0.05) is 11.6 Å². The molecule has 2 aromatic rings. The van der Waals surface area contributed by atoms with Gasteiger partial charge in [-0.05, 0) is 43.4 Å². The summed E-state index contributed by atoms with van der Waals surface area (Å²) in [6.07, 6.45) is 0.962. The summed E-state index contributed by atoms with van der Waals surface area (Å²) in [6.45, 7) is 5.29. The number of aromatic amines is 1. The van der Waals surface area contributed by atoms with Gasteiger partial charge in [-0.3, -0.25) is 4.90 Å². The smallest absolute Gasteiger partial charge is 0.218 e. The molecule has 3 rings (SSSR count). The van der Waals surface area contributed by atoms with Gasteiger partial charge in [0.2, 0.25) is 11.0 Å². The first-order valence-corrected chi connectivity index (χ1v) is 8.92. The van der Waals surface area contributed by atoms with Crippen LogP contribution in [0.3, 0.4) is 0 Å². The Hall–Kier alpha value is -1.74. The van der Waals surface area contributed by atoms with E-state index in [4.69, 9.17) is 28.6 Å². The van der Waals surface area contributed by atoms with Gasteiger partial charge in [0.15, 0.2) is 5.69 Å². The molecule has 1 aliphatic rings. The van der Waals surface area contributed by atoms with Crippen molar-refractivity contribution in [2.45, 2.75) is 6.42 Å². The number of hydrogen-bond donors (Lipinski definition) is 3. The molecule has 134 valence electrons. The van der Waals surface area contributed by atoms with Gasteiger partial charge in [0.1, 0.15) is 0 Å². The third-order valence-corrected chi connectivity index (χ3v) is 4.45. The zero-order valence-corrected chi connectivity index (χ0v) is 15.2. The van der Waals surface area contributed by atoms with E-state index in [9.17, 15) is 5.11 Å². The van der Waals surface area contributed by atoms with Gasteiger partial charge in [-0.2, -0.15) is 0 Å². The van der Waals surface area contributed by atoms with Crippen molar-refractivity contribution in [1.29, 1.82) is 0 Å². The number of hydrogen-bond acceptors (Lipinski definition) is 5. The van der Waals surface area contributed by atoms with Crippen LogP contribution in [0.25, 0.3) is 10.9 Å². The lowest BCUT2D eigenvalue weighted by Gasteiger charge is -2.26. The molecule has 0 radical (unpaired) electrons. The zero-order chi connectivity index (χ0) is 17.6. The summed E-state index contributed by atoms with van der Waals surface area (Å²) in [6, 6.07) is 5.24. The van der Waals surface area contributed by atoms with Crippen LogP contribution in [0.2, 0.25) is 5.02 Å². The van der Waals surface area contributed by atoms with Gasteiger partial charge in [0.25, 0.3) is 0 Å². The summed E-state index contributed by atoms with van der Waals surface area (Å²) in [5, 5.41) is 22.6. The van der Waals surface area contributed by atoms with Crippen molar-refractivity contribution in [3.63, 3.8) is 0 Å². The lowest BCUT2D eigenvalue weighted by molar-refractivity contribution is 0.0376. The summed E-state index contributed by atoms with van der Waals surface area (Å²) in [5.41, 5.74) is 1.07. The van der Waals surface area contributed by atoms with E-state index in [1.54, 1.807) is 18.2 Å². The highest BCUT2D eigenvalue weighted by Gasteiger charge is 2.11. The Kier molecular flexibility index (Phi) is 6.19. The van der Waals surface area contributed by atoms with E-state index in [2.05, 4.69) is 25.4 Å². The SMILES string of the molecule is Oc1[nH]c2ccc(Cl)cc2c1N=NC(=S)NCCCN1CCOCC1. The van der Waals surface area contributed by atoms with Crippen LogP contribution in [0, 0.1) is 0 Å². The number of azo groups is 1. The second-order valence-electron chi connectivity index (χ2n) is 5.75. The number of rotatable bonds is 5. The third-order valence-electron chi connectivity index (χ3n) is 3.99.